The van der Waals surface area contributed by atoms with E-state index < -0.39 is 0 Å². The summed E-state index contributed by atoms with van der Waals surface area (Å²) in [6, 6.07) is 13.6. The number of hydrogen-bond donors (Lipinski definition) is 0. The smallest absolute Gasteiger partial charge is 0.169 e. The molecule has 0 fully saturated rings. The third kappa shape index (κ3) is 1.29. The van der Waals surface area contributed by atoms with Crippen LogP contribution in [0.5, 0.6) is 0 Å². The maximum absolute atomic E-state index is 12.0. The minimum absolute atomic E-state index is 0.110. The van der Waals surface area contributed by atoms with Crippen molar-refractivity contribution in [3.63, 3.8) is 0 Å². The Labute approximate surface area is 98.7 Å². The largest absolute Gasteiger partial charge is 0.294 e. The number of carbonyl (C=O) groups excluding carboxylic acids is 1. The van der Waals surface area contributed by atoms with E-state index in [2.05, 4.69) is 0 Å². The van der Waals surface area contributed by atoms with Crippen LogP contribution in [0.25, 0.3) is 11.1 Å². The van der Waals surface area contributed by atoms with Crippen molar-refractivity contribution in [3.8, 4) is 11.1 Å². The summed E-state index contributed by atoms with van der Waals surface area (Å²) in [6.45, 7) is 0. The Kier molecular flexibility index (Phi) is 2.08. The lowest BCUT2D eigenvalue weighted by atomic mass is 9.85. The van der Waals surface area contributed by atoms with Gasteiger partial charge in [0.25, 0.3) is 0 Å². The fraction of sp³-hybridized carbons (Fsp3) is 0.0714. The van der Waals surface area contributed by atoms with Gasteiger partial charge in [-0.1, -0.05) is 48.0 Å². The Morgan fingerprint density at radius 1 is 0.938 bits per heavy atom. The first-order valence-electron chi connectivity index (χ1n) is 5.17. The monoisotopic (exact) mass is 228 g/mol. The lowest BCUT2D eigenvalue weighted by molar-refractivity contribution is 0.0992. The molecule has 0 aliphatic heterocycles. The lowest BCUT2D eigenvalue weighted by Gasteiger charge is -2.19. The first-order chi connectivity index (χ1) is 7.77. The van der Waals surface area contributed by atoms with Crippen molar-refractivity contribution in [1.29, 1.82) is 0 Å². The third-order valence-electron chi connectivity index (χ3n) is 2.95. The van der Waals surface area contributed by atoms with Gasteiger partial charge >= 0.3 is 0 Å². The molecule has 78 valence electrons. The highest BCUT2D eigenvalue weighted by Crippen LogP contribution is 2.36. The second kappa shape index (κ2) is 3.46. The Balaban J connectivity index is 2.37. The van der Waals surface area contributed by atoms with Crippen molar-refractivity contribution in [2.75, 3.05) is 0 Å². The molecule has 16 heavy (non-hydrogen) atoms. The highest BCUT2D eigenvalue weighted by Gasteiger charge is 2.23. The first kappa shape index (κ1) is 9.61. The van der Waals surface area contributed by atoms with E-state index in [0.29, 0.717) is 17.0 Å². The maximum atomic E-state index is 12.0. The molecule has 1 aliphatic rings. The van der Waals surface area contributed by atoms with Crippen LogP contribution in [0.15, 0.2) is 42.5 Å². The van der Waals surface area contributed by atoms with E-state index in [1.807, 2.05) is 36.4 Å². The molecule has 2 aromatic rings. The van der Waals surface area contributed by atoms with Crippen molar-refractivity contribution in [2.24, 2.45) is 0 Å². The number of carbonyl (C=O) groups is 1. The number of rotatable bonds is 0. The van der Waals surface area contributed by atoms with Gasteiger partial charge in [0.05, 0.1) is 5.02 Å². The molecule has 0 atom stereocenters. The fourth-order valence-electron chi connectivity index (χ4n) is 2.23. The minimum Gasteiger partial charge on any atom is -0.294 e. The summed E-state index contributed by atoms with van der Waals surface area (Å²) in [7, 11) is 0. The van der Waals surface area contributed by atoms with Gasteiger partial charge in [0.15, 0.2) is 5.78 Å². The maximum Gasteiger partial charge on any atom is 0.169 e. The molecule has 0 bridgehead atoms. The Bertz CT molecular complexity index is 587. The second-order valence-corrected chi connectivity index (χ2v) is 4.33. The molecular formula is C14H9ClO. The van der Waals surface area contributed by atoms with E-state index in [0.717, 1.165) is 16.7 Å². The van der Waals surface area contributed by atoms with Crippen LogP contribution in [0.4, 0.5) is 0 Å². The van der Waals surface area contributed by atoms with Crippen molar-refractivity contribution < 1.29 is 4.79 Å². The first-order valence-corrected chi connectivity index (χ1v) is 5.55. The average molecular weight is 229 g/mol. The Morgan fingerprint density at radius 2 is 1.69 bits per heavy atom. The Hall–Kier alpha value is -1.60. The van der Waals surface area contributed by atoms with E-state index in [1.54, 1.807) is 6.07 Å². The molecule has 2 aromatic carbocycles. The lowest BCUT2D eigenvalue weighted by Crippen LogP contribution is -2.12. The van der Waals surface area contributed by atoms with Crippen molar-refractivity contribution >= 4 is 17.4 Å². The summed E-state index contributed by atoms with van der Waals surface area (Å²) in [5.41, 5.74) is 3.84. The van der Waals surface area contributed by atoms with E-state index in [-0.39, 0.29) is 5.78 Å². The van der Waals surface area contributed by atoms with Gasteiger partial charge in [-0.2, -0.15) is 0 Å². The molecule has 0 saturated heterocycles. The number of halogens is 1. The molecule has 0 radical (unpaired) electrons. The summed E-state index contributed by atoms with van der Waals surface area (Å²) >= 11 is 6.08. The normalized spacial score (nSPS) is 13.2. The van der Waals surface area contributed by atoms with Gasteiger partial charge in [0, 0.05) is 12.0 Å². The fourth-order valence-corrected chi connectivity index (χ4v) is 2.51. The quantitative estimate of drug-likeness (QED) is 0.671. The van der Waals surface area contributed by atoms with E-state index >= 15 is 0 Å². The number of benzene rings is 2. The molecule has 2 heteroatoms. The molecule has 0 unspecified atom stereocenters. The zero-order chi connectivity index (χ0) is 11.1. The van der Waals surface area contributed by atoms with Crippen LogP contribution < -0.4 is 0 Å². The van der Waals surface area contributed by atoms with Gasteiger partial charge in [-0.3, -0.25) is 4.79 Å². The molecule has 0 N–H and O–H groups in total. The number of hydrogen-bond acceptors (Lipinski definition) is 1. The Morgan fingerprint density at radius 3 is 2.56 bits per heavy atom. The molecule has 1 aliphatic carbocycles. The van der Waals surface area contributed by atoms with E-state index in [4.69, 9.17) is 11.6 Å². The van der Waals surface area contributed by atoms with Crippen LogP contribution >= 0.6 is 11.6 Å². The standard InChI is InChI=1S/C14H9ClO/c15-12-7-3-6-11-10-5-2-1-4-9(10)8-13(16)14(11)12/h1-7H,8H2. The number of fused-ring (bicyclic) bond motifs is 3. The van der Waals surface area contributed by atoms with Crippen molar-refractivity contribution in [1.82, 2.24) is 0 Å². The average Bonchev–Trinajstić information content (AvgIpc) is 2.29. The van der Waals surface area contributed by atoms with Crippen LogP contribution in [0, 0.1) is 0 Å². The molecular weight excluding hydrogens is 220 g/mol. The van der Waals surface area contributed by atoms with Gasteiger partial charge in [0.1, 0.15) is 0 Å². The number of ketones is 1. The van der Waals surface area contributed by atoms with E-state index in [1.165, 1.54) is 0 Å². The highest BCUT2D eigenvalue weighted by atomic mass is 35.5. The number of Topliss-reactive ketones (excluding diaryl/α,β-unsaturated/α-hetero) is 1. The second-order valence-electron chi connectivity index (χ2n) is 3.92. The van der Waals surface area contributed by atoms with E-state index in [9.17, 15) is 4.79 Å². The molecule has 1 nitrogen and oxygen atoms in total. The third-order valence-corrected chi connectivity index (χ3v) is 3.27. The zero-order valence-corrected chi connectivity index (χ0v) is 9.29. The molecule has 3 rings (SSSR count). The van der Waals surface area contributed by atoms with Gasteiger partial charge in [0.2, 0.25) is 0 Å². The van der Waals surface area contributed by atoms with Crippen LogP contribution in [-0.2, 0) is 6.42 Å². The summed E-state index contributed by atoms with van der Waals surface area (Å²) in [5, 5.41) is 0.553. The van der Waals surface area contributed by atoms with Crippen LogP contribution in [-0.4, -0.2) is 5.78 Å². The summed E-state index contributed by atoms with van der Waals surface area (Å²) in [6.07, 6.45) is 0.451. The SMILES string of the molecule is O=C1Cc2ccccc2-c2cccc(Cl)c21. The van der Waals surface area contributed by atoms with Gasteiger partial charge in [-0.25, -0.2) is 0 Å². The van der Waals surface area contributed by atoms with Crippen molar-refractivity contribution in [3.05, 3.63) is 58.6 Å². The molecule has 0 spiro atoms. The van der Waals surface area contributed by atoms with Crippen LogP contribution in [0.3, 0.4) is 0 Å². The molecule has 0 saturated carbocycles. The van der Waals surface area contributed by atoms with Crippen LogP contribution in [0.1, 0.15) is 15.9 Å². The predicted octanol–water partition coefficient (Wildman–Crippen LogP) is 3.75. The van der Waals surface area contributed by atoms with Crippen LogP contribution in [0.2, 0.25) is 5.02 Å². The van der Waals surface area contributed by atoms with Gasteiger partial charge in [-0.15, -0.1) is 0 Å². The summed E-state index contributed by atoms with van der Waals surface area (Å²) in [4.78, 5) is 12.0. The summed E-state index contributed by atoms with van der Waals surface area (Å²) < 4.78 is 0. The molecule has 0 heterocycles. The molecule has 0 amide bonds. The van der Waals surface area contributed by atoms with Crippen molar-refractivity contribution in [2.45, 2.75) is 6.42 Å². The highest BCUT2D eigenvalue weighted by molar-refractivity contribution is 6.35. The molecule has 0 aromatic heterocycles. The zero-order valence-electron chi connectivity index (χ0n) is 8.53. The minimum atomic E-state index is 0.110. The van der Waals surface area contributed by atoms with Gasteiger partial charge in [-0.05, 0) is 22.8 Å². The van der Waals surface area contributed by atoms with Gasteiger partial charge < -0.3 is 0 Å². The predicted molar refractivity (Wildman–Crippen MR) is 64.9 cm³/mol. The topological polar surface area (TPSA) is 17.1 Å². The summed E-state index contributed by atoms with van der Waals surface area (Å²) in [5.74, 6) is 0.110.